The van der Waals surface area contributed by atoms with E-state index in [0.29, 0.717) is 32.1 Å². The summed E-state index contributed by atoms with van der Waals surface area (Å²) in [5.41, 5.74) is 0. The molecule has 0 saturated heterocycles. The van der Waals surface area contributed by atoms with Gasteiger partial charge in [-0.25, -0.2) is 4.57 Å². The second kappa shape index (κ2) is 32.6. The highest BCUT2D eigenvalue weighted by Gasteiger charge is 2.22. The van der Waals surface area contributed by atoms with Crippen molar-refractivity contribution >= 4 is 19.8 Å². The molecule has 280 valence electrons. The van der Waals surface area contributed by atoms with Gasteiger partial charge < -0.3 is 29.5 Å². The van der Waals surface area contributed by atoms with E-state index in [1.165, 1.54) is 38.5 Å². The lowest BCUT2D eigenvalue weighted by Crippen LogP contribution is -2.29. The van der Waals surface area contributed by atoms with Gasteiger partial charge in [0.05, 0.1) is 18.8 Å². The topological polar surface area (TPSA) is 160 Å². The Balaban J connectivity index is 4.29. The van der Waals surface area contributed by atoms with E-state index in [1.54, 1.807) is 36.5 Å². The number of unbranched alkanes of at least 4 members (excludes halogenated alkanes) is 9. The monoisotopic (exact) mass is 710 g/mol. The molecule has 0 amide bonds. The summed E-state index contributed by atoms with van der Waals surface area (Å²) in [6, 6.07) is 0. The first-order valence-corrected chi connectivity index (χ1v) is 19.5. The predicted molar refractivity (Wildman–Crippen MR) is 196 cm³/mol. The molecule has 11 heteroatoms. The van der Waals surface area contributed by atoms with Gasteiger partial charge in [0.25, 0.3) is 0 Å². The average molecular weight is 711 g/mol. The van der Waals surface area contributed by atoms with Gasteiger partial charge in [0.2, 0.25) is 0 Å². The number of aliphatic hydroxyl groups excluding tert-OH is 2. The van der Waals surface area contributed by atoms with Crippen molar-refractivity contribution in [3.8, 4) is 0 Å². The summed E-state index contributed by atoms with van der Waals surface area (Å²) in [5.74, 6) is -1.06. The number of aliphatic hydroxyl groups is 2. The van der Waals surface area contributed by atoms with Crippen LogP contribution in [0.1, 0.15) is 123 Å². The molecule has 0 rings (SSSR count). The largest absolute Gasteiger partial charge is 0.469 e. The second-order valence-corrected chi connectivity index (χ2v) is 13.1. The van der Waals surface area contributed by atoms with E-state index in [2.05, 4.69) is 11.4 Å². The summed E-state index contributed by atoms with van der Waals surface area (Å²) in [6.07, 6.45) is 34.2. The third-order valence-electron chi connectivity index (χ3n) is 7.17. The van der Waals surface area contributed by atoms with Crippen LogP contribution in [0.5, 0.6) is 0 Å². The molecule has 0 heterocycles. The Kier molecular flexibility index (Phi) is 30.9. The van der Waals surface area contributed by atoms with E-state index >= 15 is 0 Å². The van der Waals surface area contributed by atoms with E-state index in [-0.39, 0.29) is 19.4 Å². The zero-order valence-corrected chi connectivity index (χ0v) is 30.7. The van der Waals surface area contributed by atoms with Crippen LogP contribution in [0.4, 0.5) is 0 Å². The maximum Gasteiger partial charge on any atom is 0.469 e. The molecule has 0 bridgehead atoms. The molecule has 0 aliphatic heterocycles. The highest BCUT2D eigenvalue weighted by Crippen LogP contribution is 2.35. The Bertz CT molecular complexity index is 1060. The van der Waals surface area contributed by atoms with Gasteiger partial charge in [-0.3, -0.25) is 14.1 Å². The van der Waals surface area contributed by atoms with Gasteiger partial charge in [0.15, 0.2) is 6.10 Å². The number of hydrogen-bond donors (Lipinski definition) is 4. The van der Waals surface area contributed by atoms with Crippen LogP contribution in [0.2, 0.25) is 0 Å². The minimum atomic E-state index is -4.80. The van der Waals surface area contributed by atoms with E-state index in [0.717, 1.165) is 25.7 Å². The van der Waals surface area contributed by atoms with Crippen molar-refractivity contribution < 1.29 is 48.2 Å². The molecule has 0 spiro atoms. The molecule has 3 atom stereocenters. The summed E-state index contributed by atoms with van der Waals surface area (Å²) >= 11 is 0. The molecule has 0 radical (unpaired) electrons. The minimum Gasteiger partial charge on any atom is -0.462 e. The Morgan fingerprint density at radius 2 is 1.20 bits per heavy atom. The van der Waals surface area contributed by atoms with Crippen LogP contribution in [0.15, 0.2) is 72.9 Å². The lowest BCUT2D eigenvalue weighted by Gasteiger charge is -2.18. The Labute approximate surface area is 294 Å². The molecular formula is C38H63O10P. The third-order valence-corrected chi connectivity index (χ3v) is 7.65. The zero-order valence-electron chi connectivity index (χ0n) is 29.8. The van der Waals surface area contributed by atoms with Crippen molar-refractivity contribution in [3.63, 3.8) is 0 Å². The smallest absolute Gasteiger partial charge is 0.462 e. The summed E-state index contributed by atoms with van der Waals surface area (Å²) in [7, 11) is -4.80. The van der Waals surface area contributed by atoms with Crippen molar-refractivity contribution in [1.82, 2.24) is 0 Å². The summed E-state index contributed by atoms with van der Waals surface area (Å²) in [4.78, 5) is 42.5. The maximum absolute atomic E-state index is 12.3. The van der Waals surface area contributed by atoms with E-state index in [1.807, 2.05) is 43.4 Å². The molecule has 0 aromatic heterocycles. The zero-order chi connectivity index (χ0) is 36.4. The fourth-order valence-electron chi connectivity index (χ4n) is 4.45. The van der Waals surface area contributed by atoms with Gasteiger partial charge in [-0.05, 0) is 38.5 Å². The molecule has 0 fully saturated rings. The van der Waals surface area contributed by atoms with Crippen LogP contribution < -0.4 is 0 Å². The average Bonchev–Trinajstić information content (AvgIpc) is 3.05. The van der Waals surface area contributed by atoms with Gasteiger partial charge in [-0.1, -0.05) is 145 Å². The minimum absolute atomic E-state index is 0.0280. The lowest BCUT2D eigenvalue weighted by molar-refractivity contribution is -0.161. The molecular weight excluding hydrogens is 647 g/mol. The maximum atomic E-state index is 12.3. The highest BCUT2D eigenvalue weighted by molar-refractivity contribution is 7.46. The Morgan fingerprint density at radius 3 is 1.78 bits per heavy atom. The fourth-order valence-corrected chi connectivity index (χ4v) is 4.81. The molecule has 0 aliphatic carbocycles. The van der Waals surface area contributed by atoms with Gasteiger partial charge in [0, 0.05) is 12.8 Å². The lowest BCUT2D eigenvalue weighted by atomic mass is 10.1. The van der Waals surface area contributed by atoms with Crippen molar-refractivity contribution in [2.75, 3.05) is 13.2 Å². The van der Waals surface area contributed by atoms with Crippen molar-refractivity contribution in [2.24, 2.45) is 0 Å². The number of carbonyl (C=O) groups excluding carboxylic acids is 2. The first-order valence-electron chi connectivity index (χ1n) is 17.9. The number of rotatable bonds is 31. The van der Waals surface area contributed by atoms with Crippen LogP contribution in [0.3, 0.4) is 0 Å². The van der Waals surface area contributed by atoms with Gasteiger partial charge in [-0.15, -0.1) is 0 Å². The molecule has 0 aromatic rings. The number of phosphoric acid groups is 1. The number of carbonyl (C=O) groups is 2. The molecule has 0 unspecified atom stereocenters. The Morgan fingerprint density at radius 1 is 0.653 bits per heavy atom. The highest BCUT2D eigenvalue weighted by atomic mass is 31.2. The third kappa shape index (κ3) is 35.1. The molecule has 0 aromatic carbocycles. The Hall–Kier alpha value is -2.59. The summed E-state index contributed by atoms with van der Waals surface area (Å²) in [6.45, 7) is 3.30. The normalized spacial score (nSPS) is 14.7. The first kappa shape index (κ1) is 46.4. The summed E-state index contributed by atoms with van der Waals surface area (Å²) in [5, 5.41) is 19.8. The number of phosphoric ester groups is 1. The standard InChI is InChI=1S/C38H63O10P/c1-3-5-7-8-9-10-11-12-16-24-30-37(41)46-32-36(33-47-49(43,44)45)48-38(42)31-25-17-14-13-15-21-27-35(40)29-23-19-18-22-28-34(39)26-20-6-4-2/h6,14-15,17-23,28-29,34-36,39-40H,3-5,7-13,16,24-27,30-33H2,1-2H3,(H2,43,44,45)/b17-14-,19-18-,20-6-,21-15-,28-22+,29-23+/t34-,35+,36+/m0/s1. The van der Waals surface area contributed by atoms with Crippen LogP contribution >= 0.6 is 7.82 Å². The van der Waals surface area contributed by atoms with E-state index in [9.17, 15) is 24.4 Å². The molecule has 10 nitrogen and oxygen atoms in total. The van der Waals surface area contributed by atoms with E-state index < -0.39 is 44.7 Å². The van der Waals surface area contributed by atoms with Crippen LogP contribution in [0, 0.1) is 0 Å². The van der Waals surface area contributed by atoms with Crippen LogP contribution in [-0.4, -0.2) is 63.5 Å². The number of ether oxygens (including phenoxy) is 2. The van der Waals surface area contributed by atoms with Gasteiger partial charge >= 0.3 is 19.8 Å². The molecule has 49 heavy (non-hydrogen) atoms. The van der Waals surface area contributed by atoms with Crippen LogP contribution in [-0.2, 0) is 28.2 Å². The van der Waals surface area contributed by atoms with Gasteiger partial charge in [-0.2, -0.15) is 0 Å². The SMILES string of the molecule is CC/C=C\C[C@H](O)/C=C/C=C\C=C\[C@H](O)C/C=C\C/C=C\CCC(=O)O[C@H](COC(=O)CCCCCCCCCCCC)COP(=O)(O)O. The predicted octanol–water partition coefficient (Wildman–Crippen LogP) is 8.28. The van der Waals surface area contributed by atoms with Crippen molar-refractivity contribution in [2.45, 2.75) is 141 Å². The quantitative estimate of drug-likeness (QED) is 0.0181. The molecule has 0 aliphatic rings. The van der Waals surface area contributed by atoms with Crippen LogP contribution in [0.25, 0.3) is 0 Å². The fraction of sp³-hybridized carbons (Fsp3) is 0.632. The summed E-state index contributed by atoms with van der Waals surface area (Å²) < 4.78 is 26.1. The molecule has 4 N–H and O–H groups in total. The number of hydrogen-bond acceptors (Lipinski definition) is 8. The second-order valence-electron chi connectivity index (χ2n) is 11.9. The first-order chi connectivity index (χ1) is 23.6. The number of allylic oxidation sites excluding steroid dienone is 8. The van der Waals surface area contributed by atoms with Crippen molar-refractivity contribution in [3.05, 3.63) is 72.9 Å². The van der Waals surface area contributed by atoms with Gasteiger partial charge in [0.1, 0.15) is 6.61 Å². The van der Waals surface area contributed by atoms with E-state index in [4.69, 9.17) is 19.3 Å². The number of esters is 2. The van der Waals surface area contributed by atoms with Crippen molar-refractivity contribution in [1.29, 1.82) is 0 Å². The molecule has 0 saturated carbocycles.